The molecular weight excluding hydrogens is 279 g/mol. The maximum absolute atomic E-state index is 10.4. The van der Waals surface area contributed by atoms with E-state index in [0.717, 1.165) is 12.8 Å². The van der Waals surface area contributed by atoms with Gasteiger partial charge in [-0.05, 0) is 32.1 Å². The van der Waals surface area contributed by atoms with Gasteiger partial charge in [0.1, 0.15) is 0 Å². The van der Waals surface area contributed by atoms with Crippen LogP contribution in [0.25, 0.3) is 0 Å². The first-order chi connectivity index (χ1) is 10.8. The predicted molar refractivity (Wildman–Crippen MR) is 103 cm³/mol. The first-order valence-electron chi connectivity index (χ1n) is 9.64. The molecule has 0 aliphatic rings. The van der Waals surface area contributed by atoms with E-state index >= 15 is 0 Å². The third-order valence-electron chi connectivity index (χ3n) is 4.15. The van der Waals surface area contributed by atoms with Crippen molar-refractivity contribution in [2.45, 2.75) is 110 Å². The van der Waals surface area contributed by atoms with Crippen LogP contribution in [0.4, 0.5) is 0 Å². The Morgan fingerprint density at radius 3 is 1.52 bits per heavy atom. The number of allylic oxidation sites excluding steroid dienone is 2. The van der Waals surface area contributed by atoms with Gasteiger partial charge >= 0.3 is 24.8 Å². The Bertz CT molecular complexity index is 264. The topological polar surface area (TPSA) is 37.3 Å². The van der Waals surface area contributed by atoms with Gasteiger partial charge in [-0.25, -0.2) is 0 Å². The molecule has 3 heteroatoms. The molecule has 2 nitrogen and oxygen atoms in total. The van der Waals surface area contributed by atoms with Crippen LogP contribution in [-0.2, 0) is 4.79 Å². The molecule has 0 aromatic rings. The van der Waals surface area contributed by atoms with E-state index in [2.05, 4.69) is 19.1 Å². The van der Waals surface area contributed by atoms with E-state index < -0.39 is 5.97 Å². The molecule has 0 aliphatic heterocycles. The summed E-state index contributed by atoms with van der Waals surface area (Å²) in [5, 5.41) is 8.53. The van der Waals surface area contributed by atoms with Crippen molar-refractivity contribution >= 4 is 24.8 Å². The predicted octanol–water partition coefficient (Wildman–Crippen LogP) is 6.24. The van der Waals surface area contributed by atoms with Gasteiger partial charge in [-0.3, -0.25) is 4.79 Å². The molecule has 0 radical (unpaired) electrons. The van der Waals surface area contributed by atoms with Gasteiger partial charge in [-0.1, -0.05) is 83.3 Å². The van der Waals surface area contributed by atoms with Crippen molar-refractivity contribution in [2.75, 3.05) is 0 Å². The zero-order valence-corrected chi connectivity index (χ0v) is 14.8. The molecule has 0 unspecified atom stereocenters. The first kappa shape index (κ1) is 25.1. The number of aliphatic carboxylic acids is 1. The molecule has 0 bridgehead atoms. The number of carboxylic acids is 1. The fourth-order valence-corrected chi connectivity index (χ4v) is 2.70. The molecule has 1 N–H and O–H groups in total. The normalized spacial score (nSPS) is 10.8. The first-order valence-corrected chi connectivity index (χ1v) is 9.64. The molecule has 0 saturated heterocycles. The summed E-state index contributed by atoms with van der Waals surface area (Å²) < 4.78 is 0. The number of carbonyl (C=O) groups is 1. The van der Waals surface area contributed by atoms with Crippen LogP contribution in [0, 0.1) is 0 Å². The third kappa shape index (κ3) is 24.2. The summed E-state index contributed by atoms with van der Waals surface area (Å²) in [6.45, 7) is 2.27. The van der Waals surface area contributed by atoms with Crippen LogP contribution in [0.5, 0.6) is 0 Å². The zero-order valence-electron chi connectivity index (χ0n) is 14.8. The summed E-state index contributed by atoms with van der Waals surface area (Å²) in [6, 6.07) is 0. The van der Waals surface area contributed by atoms with Crippen LogP contribution in [0.3, 0.4) is 0 Å². The van der Waals surface area contributed by atoms with Crippen molar-refractivity contribution in [2.24, 2.45) is 0 Å². The van der Waals surface area contributed by atoms with E-state index in [-0.39, 0.29) is 18.9 Å². The van der Waals surface area contributed by atoms with Crippen molar-refractivity contribution < 1.29 is 9.90 Å². The van der Waals surface area contributed by atoms with E-state index in [1.165, 1.54) is 83.5 Å². The number of carboxylic acid groups (broad SMARTS) is 1. The Morgan fingerprint density at radius 2 is 1.09 bits per heavy atom. The number of unbranched alkanes of at least 4 members (excludes halogenated alkanes) is 13. The SMILES string of the molecule is CCCCCCCC/C=C\CCCCCCCCCC(=O)O.[LiH]. The molecule has 0 aromatic heterocycles. The molecule has 0 amide bonds. The molecule has 0 fully saturated rings. The summed E-state index contributed by atoms with van der Waals surface area (Å²) in [4.78, 5) is 10.4. The molecule has 0 aliphatic carbocycles. The molecule has 23 heavy (non-hydrogen) atoms. The number of hydrogen-bond donors (Lipinski definition) is 1. The molecule has 0 aromatic carbocycles. The second kappa shape index (κ2) is 21.8. The van der Waals surface area contributed by atoms with Crippen LogP contribution < -0.4 is 0 Å². The molecule has 0 saturated carbocycles. The Hall–Kier alpha value is -0.193. The molecule has 0 heterocycles. The fourth-order valence-electron chi connectivity index (χ4n) is 2.70. The second-order valence-electron chi connectivity index (χ2n) is 6.44. The monoisotopic (exact) mass is 318 g/mol. The van der Waals surface area contributed by atoms with Crippen molar-refractivity contribution in [1.82, 2.24) is 0 Å². The minimum absolute atomic E-state index is 0. The number of rotatable bonds is 17. The quantitative estimate of drug-likeness (QED) is 0.196. The van der Waals surface area contributed by atoms with Crippen molar-refractivity contribution in [3.63, 3.8) is 0 Å². The Labute approximate surface area is 156 Å². The fraction of sp³-hybridized carbons (Fsp3) is 0.850. The van der Waals surface area contributed by atoms with Crippen LogP contribution in [0.2, 0.25) is 0 Å². The number of hydrogen-bond acceptors (Lipinski definition) is 1. The van der Waals surface area contributed by atoms with Gasteiger partial charge in [0.05, 0.1) is 0 Å². The Kier molecular flexibility index (Phi) is 23.8. The van der Waals surface area contributed by atoms with Gasteiger partial charge in [0.2, 0.25) is 0 Å². The minimum atomic E-state index is -0.659. The molecular formula is C20H39LiO2. The Balaban J connectivity index is 0. The van der Waals surface area contributed by atoms with Crippen LogP contribution in [0.1, 0.15) is 110 Å². The van der Waals surface area contributed by atoms with E-state index in [0.29, 0.717) is 6.42 Å². The van der Waals surface area contributed by atoms with Crippen molar-refractivity contribution in [3.05, 3.63) is 12.2 Å². The summed E-state index contributed by atoms with van der Waals surface area (Å²) in [5.41, 5.74) is 0. The summed E-state index contributed by atoms with van der Waals surface area (Å²) in [6.07, 6.45) is 24.2. The van der Waals surface area contributed by atoms with Gasteiger partial charge in [0.25, 0.3) is 0 Å². The van der Waals surface area contributed by atoms with Crippen molar-refractivity contribution in [1.29, 1.82) is 0 Å². The van der Waals surface area contributed by atoms with Gasteiger partial charge in [0, 0.05) is 6.42 Å². The zero-order chi connectivity index (χ0) is 16.3. The van der Waals surface area contributed by atoms with E-state index in [9.17, 15) is 4.79 Å². The van der Waals surface area contributed by atoms with Crippen LogP contribution in [-0.4, -0.2) is 29.9 Å². The van der Waals surface area contributed by atoms with Crippen LogP contribution >= 0.6 is 0 Å². The standard InChI is InChI=1S/C20H38O2.Li.H/c1-2-3-4-5-6-7-8-9-10-11-12-13-14-15-16-17-18-19-20(21)22;;/h9-10H,2-8,11-19H2,1H3,(H,21,22);;/b10-9-;;. The summed E-state index contributed by atoms with van der Waals surface area (Å²) in [5.74, 6) is -0.659. The molecule has 0 atom stereocenters. The van der Waals surface area contributed by atoms with Gasteiger partial charge in [-0.2, -0.15) is 0 Å². The average molecular weight is 318 g/mol. The molecule has 0 spiro atoms. The second-order valence-corrected chi connectivity index (χ2v) is 6.44. The van der Waals surface area contributed by atoms with Crippen molar-refractivity contribution in [3.8, 4) is 0 Å². The van der Waals surface area contributed by atoms with Gasteiger partial charge in [0.15, 0.2) is 0 Å². The van der Waals surface area contributed by atoms with Gasteiger partial charge in [-0.15, -0.1) is 0 Å². The van der Waals surface area contributed by atoms with Crippen LogP contribution in [0.15, 0.2) is 12.2 Å². The van der Waals surface area contributed by atoms with E-state index in [4.69, 9.17) is 5.11 Å². The Morgan fingerprint density at radius 1 is 0.696 bits per heavy atom. The van der Waals surface area contributed by atoms with Gasteiger partial charge < -0.3 is 5.11 Å². The van der Waals surface area contributed by atoms with E-state index in [1.54, 1.807) is 0 Å². The third-order valence-corrected chi connectivity index (χ3v) is 4.15. The summed E-state index contributed by atoms with van der Waals surface area (Å²) >= 11 is 0. The molecule has 132 valence electrons. The maximum atomic E-state index is 10.4. The summed E-state index contributed by atoms with van der Waals surface area (Å²) in [7, 11) is 0. The molecule has 0 rings (SSSR count). The average Bonchev–Trinajstić information content (AvgIpc) is 2.50. The van der Waals surface area contributed by atoms with E-state index in [1.807, 2.05) is 0 Å².